The summed E-state index contributed by atoms with van der Waals surface area (Å²) in [6.07, 6.45) is 5.22. The van der Waals surface area contributed by atoms with E-state index < -0.39 is 0 Å². The molecule has 0 spiro atoms. The minimum absolute atomic E-state index is 0.597. The van der Waals surface area contributed by atoms with Crippen LogP contribution in [0, 0.1) is 6.92 Å². The number of methoxy groups -OCH3 is 1. The van der Waals surface area contributed by atoms with E-state index in [9.17, 15) is 0 Å². The number of hydrogen-bond acceptors (Lipinski definition) is 2. The first-order valence-electron chi connectivity index (χ1n) is 6.58. The number of ether oxygens (including phenoxy) is 1. The monoisotopic (exact) mass is 233 g/mol. The van der Waals surface area contributed by atoms with Gasteiger partial charge in [0.2, 0.25) is 0 Å². The van der Waals surface area contributed by atoms with Crippen LogP contribution in [-0.4, -0.2) is 20.2 Å². The fourth-order valence-electron chi connectivity index (χ4n) is 2.99. The summed E-state index contributed by atoms with van der Waals surface area (Å²) in [7, 11) is 3.84. The lowest BCUT2D eigenvalue weighted by molar-refractivity contribution is 0.330. The maximum atomic E-state index is 5.52. The summed E-state index contributed by atoms with van der Waals surface area (Å²) in [6.45, 7) is 2.15. The van der Waals surface area contributed by atoms with Crippen LogP contribution in [0.25, 0.3) is 0 Å². The lowest BCUT2D eigenvalue weighted by Gasteiger charge is -2.32. The second-order valence-electron chi connectivity index (χ2n) is 5.03. The molecule has 1 aliphatic rings. The van der Waals surface area contributed by atoms with Gasteiger partial charge in [-0.25, -0.2) is 0 Å². The Balaban J connectivity index is 2.33. The number of benzene rings is 1. The summed E-state index contributed by atoms with van der Waals surface area (Å²) in [5.74, 6) is 1.64. The van der Waals surface area contributed by atoms with Gasteiger partial charge < -0.3 is 10.1 Å². The Morgan fingerprint density at radius 2 is 2.00 bits per heavy atom. The first kappa shape index (κ1) is 12.4. The Morgan fingerprint density at radius 1 is 1.24 bits per heavy atom. The fraction of sp³-hybridized carbons (Fsp3) is 0.600. The maximum absolute atomic E-state index is 5.52. The summed E-state index contributed by atoms with van der Waals surface area (Å²) in [4.78, 5) is 0. The third-order valence-corrected chi connectivity index (χ3v) is 3.92. The summed E-state index contributed by atoms with van der Waals surface area (Å²) in [5.41, 5.74) is 2.70. The van der Waals surface area contributed by atoms with Crippen molar-refractivity contribution < 1.29 is 4.74 Å². The molecule has 1 saturated carbocycles. The highest BCUT2D eigenvalue weighted by molar-refractivity contribution is 5.40. The molecule has 0 aliphatic heterocycles. The molecule has 1 fully saturated rings. The van der Waals surface area contributed by atoms with E-state index in [4.69, 9.17) is 4.74 Å². The van der Waals surface area contributed by atoms with Crippen LogP contribution in [0.15, 0.2) is 18.2 Å². The first-order chi connectivity index (χ1) is 8.26. The van der Waals surface area contributed by atoms with E-state index in [0.29, 0.717) is 12.0 Å². The molecule has 0 saturated heterocycles. The van der Waals surface area contributed by atoms with Crippen molar-refractivity contribution in [1.82, 2.24) is 5.32 Å². The van der Waals surface area contributed by atoms with Gasteiger partial charge in [-0.3, -0.25) is 0 Å². The Morgan fingerprint density at radius 3 is 2.71 bits per heavy atom. The molecule has 2 heteroatoms. The van der Waals surface area contributed by atoms with Gasteiger partial charge in [0.15, 0.2) is 0 Å². The SMILES string of the molecule is CNC1CCCCC1c1cc(C)ccc1OC. The van der Waals surface area contributed by atoms with Crippen molar-refractivity contribution in [2.75, 3.05) is 14.2 Å². The summed E-state index contributed by atoms with van der Waals surface area (Å²) in [5, 5.41) is 3.47. The van der Waals surface area contributed by atoms with Crippen LogP contribution in [0.1, 0.15) is 42.7 Å². The van der Waals surface area contributed by atoms with Gasteiger partial charge in [-0.1, -0.05) is 30.5 Å². The zero-order chi connectivity index (χ0) is 12.3. The van der Waals surface area contributed by atoms with Gasteiger partial charge in [0, 0.05) is 12.0 Å². The van der Waals surface area contributed by atoms with E-state index in [2.05, 4.69) is 37.5 Å². The molecule has 0 amide bonds. The molecule has 2 atom stereocenters. The predicted octanol–water partition coefficient (Wildman–Crippen LogP) is 3.25. The van der Waals surface area contributed by atoms with Gasteiger partial charge in [-0.15, -0.1) is 0 Å². The molecule has 1 aliphatic carbocycles. The van der Waals surface area contributed by atoms with Gasteiger partial charge in [0.1, 0.15) is 5.75 Å². The number of aryl methyl sites for hydroxylation is 1. The number of hydrogen-bond donors (Lipinski definition) is 1. The fourth-order valence-corrected chi connectivity index (χ4v) is 2.99. The Kier molecular flexibility index (Phi) is 4.06. The lowest BCUT2D eigenvalue weighted by Crippen LogP contribution is -2.34. The number of likely N-dealkylation sites (N-methyl/N-ethyl adjacent to an activating group) is 1. The van der Waals surface area contributed by atoms with Crippen LogP contribution < -0.4 is 10.1 Å². The average Bonchev–Trinajstić information content (AvgIpc) is 2.38. The van der Waals surface area contributed by atoms with Crippen molar-refractivity contribution >= 4 is 0 Å². The highest BCUT2D eigenvalue weighted by atomic mass is 16.5. The van der Waals surface area contributed by atoms with Gasteiger partial charge in [0.05, 0.1) is 7.11 Å². The molecule has 0 bridgehead atoms. The second kappa shape index (κ2) is 5.54. The van der Waals surface area contributed by atoms with E-state index in [1.54, 1.807) is 7.11 Å². The molecule has 2 rings (SSSR count). The highest BCUT2D eigenvalue weighted by Gasteiger charge is 2.27. The normalized spacial score (nSPS) is 24.6. The summed E-state index contributed by atoms with van der Waals surface area (Å²) >= 11 is 0. The average molecular weight is 233 g/mol. The molecule has 17 heavy (non-hydrogen) atoms. The Bertz CT molecular complexity index is 375. The molecule has 1 N–H and O–H groups in total. The van der Waals surface area contributed by atoms with Crippen LogP contribution in [0.2, 0.25) is 0 Å². The van der Waals surface area contributed by atoms with Gasteiger partial charge in [0.25, 0.3) is 0 Å². The van der Waals surface area contributed by atoms with Gasteiger partial charge in [-0.2, -0.15) is 0 Å². The van der Waals surface area contributed by atoms with E-state index in [0.717, 1.165) is 5.75 Å². The Labute approximate surface area is 104 Å². The molecule has 1 aromatic carbocycles. The van der Waals surface area contributed by atoms with Crippen LogP contribution in [0.5, 0.6) is 5.75 Å². The smallest absolute Gasteiger partial charge is 0.122 e. The van der Waals surface area contributed by atoms with Crippen molar-refractivity contribution in [3.8, 4) is 5.75 Å². The summed E-state index contributed by atoms with van der Waals surface area (Å²) < 4.78 is 5.52. The lowest BCUT2D eigenvalue weighted by atomic mass is 9.79. The third-order valence-electron chi connectivity index (χ3n) is 3.92. The highest BCUT2D eigenvalue weighted by Crippen LogP contribution is 2.37. The quantitative estimate of drug-likeness (QED) is 0.865. The van der Waals surface area contributed by atoms with Crippen molar-refractivity contribution in [3.05, 3.63) is 29.3 Å². The van der Waals surface area contributed by atoms with Crippen LogP contribution in [0.3, 0.4) is 0 Å². The van der Waals surface area contributed by atoms with Gasteiger partial charge in [-0.05, 0) is 38.4 Å². The standard InChI is InChI=1S/C15H23NO/c1-11-8-9-15(17-3)13(10-11)12-6-4-5-7-14(12)16-2/h8-10,12,14,16H,4-7H2,1-3H3. The van der Waals surface area contributed by atoms with Crippen LogP contribution in [0.4, 0.5) is 0 Å². The molecule has 94 valence electrons. The second-order valence-corrected chi connectivity index (χ2v) is 5.03. The molecule has 2 unspecified atom stereocenters. The van der Waals surface area contributed by atoms with E-state index in [-0.39, 0.29) is 0 Å². The largest absolute Gasteiger partial charge is 0.496 e. The van der Waals surface area contributed by atoms with E-state index in [1.807, 2.05) is 0 Å². The third kappa shape index (κ3) is 2.63. The molecule has 2 nitrogen and oxygen atoms in total. The number of rotatable bonds is 3. The molecule has 0 aromatic heterocycles. The van der Waals surface area contributed by atoms with Crippen molar-refractivity contribution in [2.24, 2.45) is 0 Å². The molecule has 0 heterocycles. The molecule has 0 radical (unpaired) electrons. The van der Waals surface area contributed by atoms with E-state index >= 15 is 0 Å². The summed E-state index contributed by atoms with van der Waals surface area (Å²) in [6, 6.07) is 7.12. The van der Waals surface area contributed by atoms with Crippen molar-refractivity contribution in [3.63, 3.8) is 0 Å². The predicted molar refractivity (Wildman–Crippen MR) is 71.8 cm³/mol. The molecular formula is C15H23NO. The molecular weight excluding hydrogens is 210 g/mol. The van der Waals surface area contributed by atoms with Crippen LogP contribution in [-0.2, 0) is 0 Å². The molecule has 1 aromatic rings. The van der Waals surface area contributed by atoms with Gasteiger partial charge >= 0.3 is 0 Å². The van der Waals surface area contributed by atoms with Crippen molar-refractivity contribution in [1.29, 1.82) is 0 Å². The topological polar surface area (TPSA) is 21.3 Å². The minimum atomic E-state index is 0.597. The first-order valence-corrected chi connectivity index (χ1v) is 6.58. The zero-order valence-corrected chi connectivity index (χ0v) is 11.1. The Hall–Kier alpha value is -1.02. The zero-order valence-electron chi connectivity index (χ0n) is 11.1. The number of nitrogens with one attached hydrogen (secondary N) is 1. The van der Waals surface area contributed by atoms with Crippen molar-refractivity contribution in [2.45, 2.75) is 44.6 Å². The van der Waals surface area contributed by atoms with E-state index in [1.165, 1.54) is 36.8 Å². The minimum Gasteiger partial charge on any atom is -0.496 e. The maximum Gasteiger partial charge on any atom is 0.122 e. The van der Waals surface area contributed by atoms with Crippen LogP contribution >= 0.6 is 0 Å².